The number of phenolic OH excluding ortho intramolecular Hbond substituents is 1. The third-order valence-corrected chi connectivity index (χ3v) is 4.23. The van der Waals surface area contributed by atoms with Crippen molar-refractivity contribution in [2.24, 2.45) is 11.7 Å². The van der Waals surface area contributed by atoms with Crippen molar-refractivity contribution in [1.29, 1.82) is 0 Å². The van der Waals surface area contributed by atoms with Gasteiger partial charge in [-0.2, -0.15) is 0 Å². The van der Waals surface area contributed by atoms with Gasteiger partial charge in [0.15, 0.2) is 0 Å². The van der Waals surface area contributed by atoms with Crippen molar-refractivity contribution in [1.82, 2.24) is 16.0 Å². The lowest BCUT2D eigenvalue weighted by Gasteiger charge is -2.24. The van der Waals surface area contributed by atoms with Crippen LogP contribution in [0.1, 0.15) is 32.8 Å². The van der Waals surface area contributed by atoms with Gasteiger partial charge in [0.1, 0.15) is 24.4 Å². The Labute approximate surface area is 175 Å². The Morgan fingerprint density at radius 3 is 2.10 bits per heavy atom. The van der Waals surface area contributed by atoms with Crippen molar-refractivity contribution in [2.75, 3.05) is 6.54 Å². The van der Waals surface area contributed by atoms with E-state index in [2.05, 4.69) is 16.0 Å². The van der Waals surface area contributed by atoms with E-state index in [0.717, 1.165) is 5.56 Å². The van der Waals surface area contributed by atoms with E-state index in [0.29, 0.717) is 6.42 Å². The summed E-state index contributed by atoms with van der Waals surface area (Å²) in [6, 6.07) is 3.49. The zero-order valence-corrected chi connectivity index (χ0v) is 17.3. The maximum atomic E-state index is 12.6. The van der Waals surface area contributed by atoms with E-state index in [1.54, 1.807) is 12.1 Å². The molecule has 0 saturated carbocycles. The predicted molar refractivity (Wildman–Crippen MR) is 109 cm³/mol. The second kappa shape index (κ2) is 11.8. The van der Waals surface area contributed by atoms with Crippen LogP contribution < -0.4 is 21.7 Å². The molecule has 1 rings (SSSR count). The molecule has 1 aromatic rings. The largest absolute Gasteiger partial charge is 0.508 e. The lowest BCUT2D eigenvalue weighted by Crippen LogP contribution is -2.55. The molecule has 0 bridgehead atoms. The predicted octanol–water partition coefficient (Wildman–Crippen LogP) is -0.502. The summed E-state index contributed by atoms with van der Waals surface area (Å²) in [5, 5.41) is 25.2. The topological polar surface area (TPSA) is 171 Å². The van der Waals surface area contributed by atoms with Crippen molar-refractivity contribution in [3.8, 4) is 5.75 Å². The third-order valence-electron chi connectivity index (χ3n) is 4.23. The summed E-state index contributed by atoms with van der Waals surface area (Å²) in [6.07, 6.45) is 0.545. The van der Waals surface area contributed by atoms with E-state index in [-0.39, 0.29) is 18.1 Å². The van der Waals surface area contributed by atoms with Crippen LogP contribution >= 0.6 is 0 Å². The van der Waals surface area contributed by atoms with Gasteiger partial charge in [-0.1, -0.05) is 26.0 Å². The van der Waals surface area contributed by atoms with Gasteiger partial charge in [-0.25, -0.2) is 0 Å². The van der Waals surface area contributed by atoms with Gasteiger partial charge in [0.25, 0.3) is 0 Å². The number of hydrogen-bond acceptors (Lipinski definition) is 6. The number of nitrogens with one attached hydrogen (secondary N) is 3. The van der Waals surface area contributed by atoms with Crippen LogP contribution in [-0.2, 0) is 25.6 Å². The van der Waals surface area contributed by atoms with Crippen LogP contribution in [0.5, 0.6) is 5.75 Å². The fraction of sp³-hybridized carbons (Fsp3) is 0.500. The molecule has 1 aromatic carbocycles. The first-order valence-corrected chi connectivity index (χ1v) is 9.63. The summed E-state index contributed by atoms with van der Waals surface area (Å²) in [6.45, 7) is 4.62. The molecule has 166 valence electrons. The Balaban J connectivity index is 2.71. The molecule has 7 N–H and O–H groups in total. The first kappa shape index (κ1) is 24.9. The lowest BCUT2D eigenvalue weighted by atomic mass is 10.0. The standard InChI is InChI=1S/C20H30N4O6/c1-11(2)8-16(20(30)23-12(3)18(28)22-10-17(26)27)24-19(29)15(21)9-13-4-6-14(25)7-5-13/h4-7,11-12,15-16,25H,8-10,21H2,1-3H3,(H,22,28)(H,23,30)(H,24,29)(H,26,27). The molecule has 0 radical (unpaired) electrons. The van der Waals surface area contributed by atoms with Crippen LogP contribution in [0.2, 0.25) is 0 Å². The highest BCUT2D eigenvalue weighted by Crippen LogP contribution is 2.11. The third kappa shape index (κ3) is 8.91. The minimum atomic E-state index is -1.20. The molecule has 0 aromatic heterocycles. The molecule has 3 atom stereocenters. The van der Waals surface area contributed by atoms with Gasteiger partial charge in [-0.3, -0.25) is 19.2 Å². The van der Waals surface area contributed by atoms with Crippen molar-refractivity contribution in [3.05, 3.63) is 29.8 Å². The molecule has 0 spiro atoms. The Morgan fingerprint density at radius 2 is 1.57 bits per heavy atom. The Hall–Kier alpha value is -3.14. The number of carboxylic acid groups (broad SMARTS) is 1. The number of hydrogen-bond donors (Lipinski definition) is 6. The minimum Gasteiger partial charge on any atom is -0.508 e. The van der Waals surface area contributed by atoms with E-state index >= 15 is 0 Å². The molecule has 10 nitrogen and oxygen atoms in total. The van der Waals surface area contributed by atoms with Gasteiger partial charge in [-0.05, 0) is 43.4 Å². The molecule has 0 aliphatic carbocycles. The first-order valence-electron chi connectivity index (χ1n) is 9.63. The highest BCUT2D eigenvalue weighted by atomic mass is 16.4. The summed E-state index contributed by atoms with van der Waals surface area (Å²) >= 11 is 0. The second-order valence-corrected chi connectivity index (χ2v) is 7.51. The molecule has 0 fully saturated rings. The second-order valence-electron chi connectivity index (χ2n) is 7.51. The summed E-state index contributed by atoms with van der Waals surface area (Å²) < 4.78 is 0. The number of carbonyl (C=O) groups excluding carboxylic acids is 3. The molecule has 10 heteroatoms. The van der Waals surface area contributed by atoms with Gasteiger partial charge < -0.3 is 31.9 Å². The molecule has 0 aliphatic rings. The SMILES string of the molecule is CC(C)CC(NC(=O)C(N)Cc1ccc(O)cc1)C(=O)NC(C)C(=O)NCC(=O)O. The van der Waals surface area contributed by atoms with Crippen molar-refractivity contribution in [3.63, 3.8) is 0 Å². The number of carbonyl (C=O) groups is 4. The summed E-state index contributed by atoms with van der Waals surface area (Å²) in [5.41, 5.74) is 6.71. The van der Waals surface area contributed by atoms with Gasteiger partial charge in [0.2, 0.25) is 17.7 Å². The van der Waals surface area contributed by atoms with Gasteiger partial charge in [0, 0.05) is 0 Å². The van der Waals surface area contributed by atoms with Gasteiger partial charge >= 0.3 is 5.97 Å². The van der Waals surface area contributed by atoms with Crippen LogP contribution in [-0.4, -0.2) is 58.6 Å². The van der Waals surface area contributed by atoms with Crippen LogP contribution in [0.25, 0.3) is 0 Å². The van der Waals surface area contributed by atoms with Crippen LogP contribution in [0.4, 0.5) is 0 Å². The smallest absolute Gasteiger partial charge is 0.322 e. The van der Waals surface area contributed by atoms with E-state index in [9.17, 15) is 24.3 Å². The van der Waals surface area contributed by atoms with Gasteiger partial charge in [-0.15, -0.1) is 0 Å². The first-order chi connectivity index (χ1) is 14.0. The summed E-state index contributed by atoms with van der Waals surface area (Å²) in [5.74, 6) is -2.75. The van der Waals surface area contributed by atoms with Crippen molar-refractivity contribution >= 4 is 23.7 Å². The highest BCUT2D eigenvalue weighted by molar-refractivity contribution is 5.93. The van der Waals surface area contributed by atoms with Gasteiger partial charge in [0.05, 0.1) is 6.04 Å². The molecular formula is C20H30N4O6. The fourth-order valence-corrected chi connectivity index (χ4v) is 2.66. The number of nitrogens with two attached hydrogens (primary N) is 1. The van der Waals surface area contributed by atoms with E-state index < -0.39 is 48.4 Å². The quantitative estimate of drug-likeness (QED) is 0.279. The zero-order chi connectivity index (χ0) is 22.8. The van der Waals surface area contributed by atoms with E-state index in [4.69, 9.17) is 10.8 Å². The Bertz CT molecular complexity index is 750. The highest BCUT2D eigenvalue weighted by Gasteiger charge is 2.27. The summed E-state index contributed by atoms with van der Waals surface area (Å²) in [4.78, 5) is 47.5. The van der Waals surface area contributed by atoms with E-state index in [1.807, 2.05) is 13.8 Å². The number of benzene rings is 1. The van der Waals surface area contributed by atoms with Crippen molar-refractivity contribution in [2.45, 2.75) is 51.7 Å². The van der Waals surface area contributed by atoms with Crippen LogP contribution in [0.15, 0.2) is 24.3 Å². The number of carboxylic acids is 1. The average Bonchev–Trinajstić information content (AvgIpc) is 2.66. The monoisotopic (exact) mass is 422 g/mol. The Morgan fingerprint density at radius 1 is 0.967 bits per heavy atom. The lowest BCUT2D eigenvalue weighted by molar-refractivity contribution is -0.138. The molecule has 0 heterocycles. The maximum absolute atomic E-state index is 12.6. The average molecular weight is 422 g/mol. The molecule has 3 unspecified atom stereocenters. The number of aromatic hydroxyl groups is 1. The molecule has 0 saturated heterocycles. The fourth-order valence-electron chi connectivity index (χ4n) is 2.66. The molecular weight excluding hydrogens is 392 g/mol. The molecule has 30 heavy (non-hydrogen) atoms. The zero-order valence-electron chi connectivity index (χ0n) is 17.3. The van der Waals surface area contributed by atoms with Crippen LogP contribution in [0.3, 0.4) is 0 Å². The summed E-state index contributed by atoms with van der Waals surface area (Å²) in [7, 11) is 0. The van der Waals surface area contributed by atoms with E-state index in [1.165, 1.54) is 19.1 Å². The van der Waals surface area contributed by atoms with Crippen LogP contribution in [0, 0.1) is 5.92 Å². The normalized spacial score (nSPS) is 13.8. The number of amides is 3. The molecule has 0 aliphatic heterocycles. The maximum Gasteiger partial charge on any atom is 0.322 e. The van der Waals surface area contributed by atoms with Crippen molar-refractivity contribution < 1.29 is 29.4 Å². The Kier molecular flexibility index (Phi) is 9.76. The number of aliphatic carboxylic acids is 1. The minimum absolute atomic E-state index is 0.0746. The number of phenols is 1. The molecule has 3 amide bonds. The number of rotatable bonds is 11.